The molecule has 6 nitrogen and oxygen atoms in total. The van der Waals surface area contributed by atoms with Crippen LogP contribution in [0, 0.1) is 13.8 Å². The molecule has 1 unspecified atom stereocenters. The average Bonchev–Trinajstić information content (AvgIpc) is 2.96. The molecular weight excluding hydrogens is 286 g/mol. The van der Waals surface area contributed by atoms with E-state index in [1.807, 2.05) is 25.3 Å². The SMILES string of the molecule is Cc1nc(C)c(CC(=O)NC(C)c2nncn2C(C)C)s1. The summed E-state index contributed by atoms with van der Waals surface area (Å²) >= 11 is 1.57. The Balaban J connectivity index is 2.02. The molecule has 0 aliphatic heterocycles. The second-order valence-corrected chi connectivity index (χ2v) is 6.69. The van der Waals surface area contributed by atoms with Gasteiger partial charge in [-0.2, -0.15) is 0 Å². The Morgan fingerprint density at radius 3 is 2.67 bits per heavy atom. The lowest BCUT2D eigenvalue weighted by Gasteiger charge is -2.16. The van der Waals surface area contributed by atoms with E-state index in [4.69, 9.17) is 0 Å². The molecule has 0 fully saturated rings. The summed E-state index contributed by atoms with van der Waals surface area (Å²) in [6, 6.07) is 0.0949. The number of thiazole rings is 1. The minimum atomic E-state index is -0.170. The van der Waals surface area contributed by atoms with Crippen molar-refractivity contribution in [2.45, 2.75) is 53.1 Å². The van der Waals surface area contributed by atoms with E-state index in [9.17, 15) is 4.79 Å². The number of hydrogen-bond donors (Lipinski definition) is 1. The molecule has 0 aliphatic carbocycles. The highest BCUT2D eigenvalue weighted by Crippen LogP contribution is 2.19. The van der Waals surface area contributed by atoms with Gasteiger partial charge in [0.15, 0.2) is 5.82 Å². The van der Waals surface area contributed by atoms with Crippen LogP contribution in [-0.4, -0.2) is 25.7 Å². The zero-order valence-electron chi connectivity index (χ0n) is 13.0. The van der Waals surface area contributed by atoms with Crippen LogP contribution in [0.4, 0.5) is 0 Å². The number of amides is 1. The van der Waals surface area contributed by atoms with Crippen LogP contribution in [0.25, 0.3) is 0 Å². The van der Waals surface area contributed by atoms with Crippen LogP contribution in [0.5, 0.6) is 0 Å². The molecule has 1 amide bonds. The fraction of sp³-hybridized carbons (Fsp3) is 0.571. The van der Waals surface area contributed by atoms with Gasteiger partial charge in [0.25, 0.3) is 0 Å². The molecule has 0 radical (unpaired) electrons. The summed E-state index contributed by atoms with van der Waals surface area (Å²) in [6.07, 6.45) is 2.05. The van der Waals surface area contributed by atoms with Gasteiger partial charge < -0.3 is 9.88 Å². The number of carbonyl (C=O) groups excluding carboxylic acids is 1. The lowest BCUT2D eigenvalue weighted by atomic mass is 10.2. The summed E-state index contributed by atoms with van der Waals surface area (Å²) < 4.78 is 1.97. The summed E-state index contributed by atoms with van der Waals surface area (Å²) in [5, 5.41) is 12.0. The molecule has 2 heterocycles. The predicted molar refractivity (Wildman–Crippen MR) is 82.3 cm³/mol. The van der Waals surface area contributed by atoms with E-state index in [1.54, 1.807) is 17.7 Å². The van der Waals surface area contributed by atoms with E-state index in [0.717, 1.165) is 21.4 Å². The fourth-order valence-corrected chi connectivity index (χ4v) is 3.14. The van der Waals surface area contributed by atoms with Gasteiger partial charge in [0.1, 0.15) is 6.33 Å². The minimum absolute atomic E-state index is 0.0208. The lowest BCUT2D eigenvalue weighted by Crippen LogP contribution is -2.30. The van der Waals surface area contributed by atoms with Crippen LogP contribution in [0.15, 0.2) is 6.33 Å². The Morgan fingerprint density at radius 2 is 2.10 bits per heavy atom. The van der Waals surface area contributed by atoms with Crippen molar-refractivity contribution in [1.82, 2.24) is 25.1 Å². The van der Waals surface area contributed by atoms with Crippen molar-refractivity contribution >= 4 is 17.2 Å². The van der Waals surface area contributed by atoms with E-state index >= 15 is 0 Å². The zero-order valence-corrected chi connectivity index (χ0v) is 13.9. The van der Waals surface area contributed by atoms with Crippen molar-refractivity contribution in [3.8, 4) is 0 Å². The normalized spacial score (nSPS) is 12.7. The number of rotatable bonds is 5. The molecular formula is C14H21N5OS. The maximum absolute atomic E-state index is 12.2. The van der Waals surface area contributed by atoms with E-state index in [2.05, 4.69) is 34.3 Å². The molecule has 2 aromatic rings. The molecule has 21 heavy (non-hydrogen) atoms. The van der Waals surface area contributed by atoms with Gasteiger partial charge in [-0.05, 0) is 34.6 Å². The van der Waals surface area contributed by atoms with Crippen LogP contribution in [-0.2, 0) is 11.2 Å². The Bertz CT molecular complexity index is 631. The summed E-state index contributed by atoms with van der Waals surface area (Å²) in [5.74, 6) is 0.753. The van der Waals surface area contributed by atoms with E-state index in [1.165, 1.54) is 0 Å². The number of nitrogens with one attached hydrogen (secondary N) is 1. The van der Waals surface area contributed by atoms with Crippen LogP contribution in [0.2, 0.25) is 0 Å². The number of aryl methyl sites for hydroxylation is 2. The summed E-state index contributed by atoms with van der Waals surface area (Å²) in [4.78, 5) is 17.5. The number of aromatic nitrogens is 4. The molecule has 1 atom stereocenters. The first kappa shape index (κ1) is 15.6. The van der Waals surface area contributed by atoms with Crippen molar-refractivity contribution in [2.24, 2.45) is 0 Å². The molecule has 0 aliphatic rings. The number of hydrogen-bond acceptors (Lipinski definition) is 5. The molecule has 0 saturated heterocycles. The third-order valence-corrected chi connectivity index (χ3v) is 4.32. The minimum Gasteiger partial charge on any atom is -0.346 e. The molecule has 0 aromatic carbocycles. The van der Waals surface area contributed by atoms with Gasteiger partial charge in [0.05, 0.1) is 23.2 Å². The first-order valence-electron chi connectivity index (χ1n) is 7.00. The van der Waals surface area contributed by atoms with Gasteiger partial charge in [0, 0.05) is 10.9 Å². The quantitative estimate of drug-likeness (QED) is 0.920. The molecule has 0 bridgehead atoms. The maximum Gasteiger partial charge on any atom is 0.225 e. The second-order valence-electron chi connectivity index (χ2n) is 5.40. The molecule has 0 saturated carbocycles. The number of carbonyl (C=O) groups is 1. The van der Waals surface area contributed by atoms with Crippen LogP contribution >= 0.6 is 11.3 Å². The summed E-state index contributed by atoms with van der Waals surface area (Å²) in [6.45, 7) is 9.93. The Morgan fingerprint density at radius 1 is 1.38 bits per heavy atom. The van der Waals surface area contributed by atoms with Crippen LogP contribution < -0.4 is 5.32 Å². The highest BCUT2D eigenvalue weighted by molar-refractivity contribution is 7.11. The van der Waals surface area contributed by atoms with Gasteiger partial charge in [0.2, 0.25) is 5.91 Å². The average molecular weight is 307 g/mol. The smallest absolute Gasteiger partial charge is 0.225 e. The Kier molecular flexibility index (Phi) is 4.72. The Labute approximate surface area is 128 Å². The maximum atomic E-state index is 12.2. The highest BCUT2D eigenvalue weighted by atomic mass is 32.1. The zero-order chi connectivity index (χ0) is 15.6. The van der Waals surface area contributed by atoms with E-state index in [-0.39, 0.29) is 18.0 Å². The van der Waals surface area contributed by atoms with Gasteiger partial charge in [-0.25, -0.2) is 4.98 Å². The molecule has 7 heteroatoms. The summed E-state index contributed by atoms with van der Waals surface area (Å²) in [7, 11) is 0. The highest BCUT2D eigenvalue weighted by Gasteiger charge is 2.18. The Hall–Kier alpha value is -1.76. The van der Waals surface area contributed by atoms with Gasteiger partial charge in [-0.3, -0.25) is 4.79 Å². The molecule has 2 aromatic heterocycles. The van der Waals surface area contributed by atoms with Crippen molar-refractivity contribution in [3.63, 3.8) is 0 Å². The van der Waals surface area contributed by atoms with Crippen molar-refractivity contribution in [3.05, 3.63) is 27.7 Å². The van der Waals surface area contributed by atoms with Crippen molar-refractivity contribution < 1.29 is 4.79 Å². The fourth-order valence-electron chi connectivity index (χ4n) is 2.20. The lowest BCUT2D eigenvalue weighted by molar-refractivity contribution is -0.121. The standard InChI is InChI=1S/C14H21N5OS/c1-8(2)19-7-15-18-14(19)10(4)17-13(20)6-12-9(3)16-11(5)21-12/h7-8,10H,6H2,1-5H3,(H,17,20). The third kappa shape index (κ3) is 3.66. The molecule has 1 N–H and O–H groups in total. The van der Waals surface area contributed by atoms with Crippen molar-refractivity contribution in [2.75, 3.05) is 0 Å². The van der Waals surface area contributed by atoms with Gasteiger partial charge in [-0.15, -0.1) is 21.5 Å². The molecule has 0 spiro atoms. The number of nitrogens with zero attached hydrogens (tertiary/aromatic N) is 4. The molecule has 114 valence electrons. The van der Waals surface area contributed by atoms with E-state index < -0.39 is 0 Å². The van der Waals surface area contributed by atoms with Crippen LogP contribution in [0.1, 0.15) is 54.3 Å². The van der Waals surface area contributed by atoms with Gasteiger partial charge in [-0.1, -0.05) is 0 Å². The topological polar surface area (TPSA) is 72.7 Å². The van der Waals surface area contributed by atoms with E-state index in [0.29, 0.717) is 6.42 Å². The monoisotopic (exact) mass is 307 g/mol. The second kappa shape index (κ2) is 6.34. The van der Waals surface area contributed by atoms with Gasteiger partial charge >= 0.3 is 0 Å². The third-order valence-electron chi connectivity index (χ3n) is 3.24. The predicted octanol–water partition coefficient (Wildman–Crippen LogP) is 2.35. The largest absolute Gasteiger partial charge is 0.346 e. The van der Waals surface area contributed by atoms with Crippen LogP contribution in [0.3, 0.4) is 0 Å². The first-order chi connectivity index (χ1) is 9.88. The first-order valence-corrected chi connectivity index (χ1v) is 7.81. The van der Waals surface area contributed by atoms with Crippen molar-refractivity contribution in [1.29, 1.82) is 0 Å². The molecule has 2 rings (SSSR count). The summed E-state index contributed by atoms with van der Waals surface area (Å²) in [5.41, 5.74) is 0.936.